The van der Waals surface area contributed by atoms with Crippen LogP contribution in [0.15, 0.2) is 54.7 Å². The topological polar surface area (TPSA) is 73.5 Å². The molecule has 1 saturated heterocycles. The van der Waals surface area contributed by atoms with Crippen LogP contribution < -0.4 is 0 Å². The molecule has 1 aliphatic heterocycles. The molecule has 0 radical (unpaired) electrons. The van der Waals surface area contributed by atoms with Gasteiger partial charge in [0.25, 0.3) is 0 Å². The van der Waals surface area contributed by atoms with Gasteiger partial charge in [0, 0.05) is 40.3 Å². The fourth-order valence-electron chi connectivity index (χ4n) is 6.20. The number of nitrogens with zero attached hydrogens (tertiary/aromatic N) is 5. The van der Waals surface area contributed by atoms with Gasteiger partial charge in [0.1, 0.15) is 5.69 Å². The van der Waals surface area contributed by atoms with Crippen molar-refractivity contribution in [2.75, 3.05) is 6.54 Å². The van der Waals surface area contributed by atoms with Crippen LogP contribution in [-0.4, -0.2) is 31.4 Å². The largest absolute Gasteiger partial charge is 0.356 e. The first kappa shape index (κ1) is 24.4. The van der Waals surface area contributed by atoms with Gasteiger partial charge < -0.3 is 9.88 Å². The molecular weight excluding hydrogens is 468 g/mol. The third-order valence-corrected chi connectivity index (χ3v) is 8.19. The summed E-state index contributed by atoms with van der Waals surface area (Å²) in [4.78, 5) is 5.75. The van der Waals surface area contributed by atoms with Crippen molar-refractivity contribution in [3.8, 4) is 17.5 Å². The molecule has 3 unspecified atom stereocenters. The molecule has 1 saturated carbocycles. The summed E-state index contributed by atoms with van der Waals surface area (Å²) in [5.74, 6) is 1.38. The highest BCUT2D eigenvalue weighted by Gasteiger charge is 2.38. The fourth-order valence-corrected chi connectivity index (χ4v) is 6.39. The Morgan fingerprint density at radius 3 is 2.75 bits per heavy atom. The van der Waals surface area contributed by atoms with E-state index in [9.17, 15) is 5.26 Å². The van der Waals surface area contributed by atoms with Gasteiger partial charge in [0.05, 0.1) is 12.2 Å². The summed E-state index contributed by atoms with van der Waals surface area (Å²) < 4.78 is 1.90. The van der Waals surface area contributed by atoms with Gasteiger partial charge in [-0.25, -0.2) is 0 Å². The van der Waals surface area contributed by atoms with E-state index in [2.05, 4.69) is 45.8 Å². The third kappa shape index (κ3) is 4.60. The highest BCUT2D eigenvalue weighted by Crippen LogP contribution is 2.45. The number of fused-ring (bicyclic) bond motifs is 2. The van der Waals surface area contributed by atoms with Crippen LogP contribution in [0.5, 0.6) is 0 Å². The van der Waals surface area contributed by atoms with Gasteiger partial charge in [0.15, 0.2) is 6.19 Å². The zero-order valence-corrected chi connectivity index (χ0v) is 20.5. The van der Waals surface area contributed by atoms with Crippen molar-refractivity contribution in [1.82, 2.24) is 24.9 Å². The molecule has 186 valence electrons. The Bertz CT molecular complexity index is 1380. The van der Waals surface area contributed by atoms with E-state index in [0.29, 0.717) is 23.4 Å². The third-order valence-electron chi connectivity index (χ3n) is 7.96. The van der Waals surface area contributed by atoms with Crippen LogP contribution >= 0.6 is 11.6 Å². The lowest BCUT2D eigenvalue weighted by atomic mass is 9.72. The van der Waals surface area contributed by atoms with Gasteiger partial charge in [-0.15, -0.1) is 5.10 Å². The molecule has 2 fully saturated rings. The summed E-state index contributed by atoms with van der Waals surface area (Å²) in [6.45, 7) is 1.60. The lowest BCUT2D eigenvalue weighted by Gasteiger charge is -2.44. The van der Waals surface area contributed by atoms with Crippen molar-refractivity contribution in [1.29, 1.82) is 5.26 Å². The number of nitrogens with one attached hydrogen (secondary N) is 1. The van der Waals surface area contributed by atoms with Crippen molar-refractivity contribution >= 4 is 22.5 Å². The molecule has 4 aromatic rings. The quantitative estimate of drug-likeness (QED) is 0.299. The molecule has 0 spiro atoms. The number of nitriles is 1. The van der Waals surface area contributed by atoms with Crippen LogP contribution in [0.4, 0.5) is 0 Å². The Morgan fingerprint density at radius 2 is 1.92 bits per heavy atom. The number of benzene rings is 2. The Hall–Kier alpha value is -3.30. The van der Waals surface area contributed by atoms with E-state index in [1.54, 1.807) is 0 Å². The Balaban J connectivity index is 0.00000267. The van der Waals surface area contributed by atoms with E-state index in [1.807, 2.05) is 40.0 Å². The van der Waals surface area contributed by atoms with Gasteiger partial charge in [-0.3, -0.25) is 4.68 Å². The second-order valence-corrected chi connectivity index (χ2v) is 10.4. The molecule has 0 amide bonds. The number of H-pyrrole nitrogens is 1. The number of aryl methyl sites for hydroxylation is 2. The second kappa shape index (κ2) is 10.4. The standard InChI is InChI=1S/C28H29ClN6.CH4/c29-22-9-5-8-20(14-22)26-17-35(33-32-26)13-12-24-23-10-3-4-11-25(23)31-28(24)27-15-19-6-1-2-7-21(19)16-34(27)18-30;/h3-5,8-11,14,17,19,21,27,31H,1-2,6-7,12-13,15-16H2;1H4. The molecule has 2 aromatic heterocycles. The molecule has 1 N–H and O–H groups in total. The zero-order chi connectivity index (χ0) is 23.8. The summed E-state index contributed by atoms with van der Waals surface area (Å²) in [5, 5.41) is 20.7. The maximum Gasteiger partial charge on any atom is 0.179 e. The molecule has 2 aromatic carbocycles. The van der Waals surface area contributed by atoms with Gasteiger partial charge in [-0.05, 0) is 54.9 Å². The average molecular weight is 501 g/mol. The first-order valence-corrected chi connectivity index (χ1v) is 13.0. The fraction of sp³-hybridized carbons (Fsp3) is 0.414. The first-order chi connectivity index (χ1) is 17.2. The zero-order valence-electron chi connectivity index (χ0n) is 19.7. The lowest BCUT2D eigenvalue weighted by Crippen LogP contribution is -2.41. The number of hydrogen-bond acceptors (Lipinski definition) is 4. The van der Waals surface area contributed by atoms with E-state index in [1.165, 1.54) is 42.3 Å². The highest BCUT2D eigenvalue weighted by atomic mass is 35.5. The van der Waals surface area contributed by atoms with Crippen molar-refractivity contribution < 1.29 is 0 Å². The predicted octanol–water partition coefficient (Wildman–Crippen LogP) is 6.99. The first-order valence-electron chi connectivity index (χ1n) is 12.6. The minimum atomic E-state index is 0. The van der Waals surface area contributed by atoms with Crippen LogP contribution in [-0.2, 0) is 13.0 Å². The van der Waals surface area contributed by atoms with E-state index in [4.69, 9.17) is 11.6 Å². The molecule has 36 heavy (non-hydrogen) atoms. The second-order valence-electron chi connectivity index (χ2n) is 10.00. The number of likely N-dealkylation sites (tertiary alicyclic amines) is 1. The maximum atomic E-state index is 10.0. The molecule has 7 heteroatoms. The maximum absolute atomic E-state index is 10.0. The van der Waals surface area contributed by atoms with E-state index in [0.717, 1.165) is 36.2 Å². The Morgan fingerprint density at radius 1 is 1.08 bits per heavy atom. The summed E-state index contributed by atoms with van der Waals surface area (Å²) in [5.41, 5.74) is 5.41. The van der Waals surface area contributed by atoms with Crippen LogP contribution in [0.3, 0.4) is 0 Å². The van der Waals surface area contributed by atoms with Crippen molar-refractivity contribution in [2.45, 2.75) is 58.5 Å². The molecule has 6 nitrogen and oxygen atoms in total. The highest BCUT2D eigenvalue weighted by molar-refractivity contribution is 6.30. The normalized spacial score (nSPS) is 21.6. The summed E-state index contributed by atoms with van der Waals surface area (Å²) >= 11 is 6.16. The molecule has 1 aliphatic carbocycles. The summed E-state index contributed by atoms with van der Waals surface area (Å²) in [6.07, 6.45) is 11.6. The van der Waals surface area contributed by atoms with Crippen LogP contribution in [0, 0.1) is 23.3 Å². The molecule has 3 atom stereocenters. The SMILES string of the molecule is C.N#CN1CC2CCCCC2CC1c1[nH]c2ccccc2c1CCn1cc(-c2cccc(Cl)c2)nn1. The van der Waals surface area contributed by atoms with Gasteiger partial charge in [-0.1, -0.05) is 73.8 Å². The van der Waals surface area contributed by atoms with Crippen molar-refractivity contribution in [3.05, 3.63) is 71.0 Å². The van der Waals surface area contributed by atoms with Crippen LogP contribution in [0.1, 0.15) is 56.8 Å². The number of piperidine rings is 1. The van der Waals surface area contributed by atoms with Gasteiger partial charge in [-0.2, -0.15) is 5.26 Å². The molecular formula is C29H33ClN6. The molecule has 2 aliphatic rings. The molecule has 3 heterocycles. The number of aromatic nitrogens is 4. The Labute approximate surface area is 217 Å². The van der Waals surface area contributed by atoms with Crippen LogP contribution in [0.25, 0.3) is 22.2 Å². The number of aromatic amines is 1. The van der Waals surface area contributed by atoms with Gasteiger partial charge in [0.2, 0.25) is 0 Å². The van der Waals surface area contributed by atoms with E-state index < -0.39 is 0 Å². The lowest BCUT2D eigenvalue weighted by molar-refractivity contribution is 0.0746. The number of para-hydroxylation sites is 1. The average Bonchev–Trinajstić information content (AvgIpc) is 3.51. The van der Waals surface area contributed by atoms with Crippen molar-refractivity contribution in [3.63, 3.8) is 0 Å². The number of rotatable bonds is 5. The summed E-state index contributed by atoms with van der Waals surface area (Å²) in [6, 6.07) is 16.3. The van der Waals surface area contributed by atoms with Crippen molar-refractivity contribution in [2.24, 2.45) is 11.8 Å². The number of halogens is 1. The minimum absolute atomic E-state index is 0. The smallest absolute Gasteiger partial charge is 0.179 e. The minimum Gasteiger partial charge on any atom is -0.356 e. The molecule has 6 rings (SSSR count). The van der Waals surface area contributed by atoms with E-state index in [-0.39, 0.29) is 13.5 Å². The van der Waals surface area contributed by atoms with Crippen LogP contribution in [0.2, 0.25) is 5.02 Å². The summed E-state index contributed by atoms with van der Waals surface area (Å²) in [7, 11) is 0. The predicted molar refractivity (Wildman–Crippen MR) is 144 cm³/mol. The number of hydrogen-bond donors (Lipinski definition) is 1. The van der Waals surface area contributed by atoms with Gasteiger partial charge >= 0.3 is 0 Å². The van der Waals surface area contributed by atoms with E-state index >= 15 is 0 Å². The molecule has 0 bridgehead atoms. The monoisotopic (exact) mass is 500 g/mol. The Kier molecular flexibility index (Phi) is 7.02.